The van der Waals surface area contributed by atoms with Crippen molar-refractivity contribution in [3.05, 3.63) is 29.3 Å². The van der Waals surface area contributed by atoms with Crippen LogP contribution < -0.4 is 10.5 Å². The first-order chi connectivity index (χ1) is 9.86. The zero-order chi connectivity index (χ0) is 15.9. The van der Waals surface area contributed by atoms with E-state index in [2.05, 4.69) is 18.6 Å². The van der Waals surface area contributed by atoms with Gasteiger partial charge in [-0.25, -0.2) is 13.1 Å². The first kappa shape index (κ1) is 18.1. The molecule has 1 aromatic carbocycles. The number of nitrogens with two attached hydrogens (primary N) is 1. The maximum absolute atomic E-state index is 12.1. The van der Waals surface area contributed by atoms with Gasteiger partial charge in [-0.15, -0.1) is 0 Å². The highest BCUT2D eigenvalue weighted by molar-refractivity contribution is 7.89. The van der Waals surface area contributed by atoms with Crippen molar-refractivity contribution in [1.82, 2.24) is 4.72 Å². The lowest BCUT2D eigenvalue weighted by atomic mass is 10.1. The third kappa shape index (κ3) is 6.13. The number of nitrogens with one attached hydrogen (secondary N) is 1. The van der Waals surface area contributed by atoms with E-state index in [9.17, 15) is 8.42 Å². The predicted molar refractivity (Wildman–Crippen MR) is 84.5 cm³/mol. The molecule has 5 nitrogen and oxygen atoms in total. The lowest BCUT2D eigenvalue weighted by Gasteiger charge is -2.10. The van der Waals surface area contributed by atoms with Gasteiger partial charge >= 0.3 is 0 Å². The molecule has 0 heterocycles. The third-order valence-corrected chi connectivity index (χ3v) is 4.68. The minimum atomic E-state index is -3.48. The fourth-order valence-corrected chi connectivity index (χ4v) is 2.92. The summed E-state index contributed by atoms with van der Waals surface area (Å²) in [6.07, 6.45) is 0.979. The fraction of sp³-hybridized carbons (Fsp3) is 0.600. The molecule has 6 heteroatoms. The summed E-state index contributed by atoms with van der Waals surface area (Å²) in [5.41, 5.74) is 7.41. The van der Waals surface area contributed by atoms with E-state index in [0.717, 1.165) is 17.5 Å². The molecule has 0 bridgehead atoms. The maximum atomic E-state index is 12.1. The van der Waals surface area contributed by atoms with E-state index >= 15 is 0 Å². The van der Waals surface area contributed by atoms with E-state index in [0.29, 0.717) is 25.7 Å². The van der Waals surface area contributed by atoms with Gasteiger partial charge in [0.2, 0.25) is 10.0 Å². The van der Waals surface area contributed by atoms with Crippen LogP contribution in [-0.4, -0.2) is 28.2 Å². The summed E-state index contributed by atoms with van der Waals surface area (Å²) >= 11 is 0. The SMILES string of the molecule is Cc1cc(S(=O)(=O)NCCOCCC(C)C)ccc1CN. The summed E-state index contributed by atoms with van der Waals surface area (Å²) in [6, 6.07) is 4.98. The Morgan fingerprint density at radius 2 is 2.00 bits per heavy atom. The Bertz CT molecular complexity index is 542. The van der Waals surface area contributed by atoms with Crippen molar-refractivity contribution in [3.8, 4) is 0 Å². The highest BCUT2D eigenvalue weighted by atomic mass is 32.2. The van der Waals surface area contributed by atoms with E-state index in [-0.39, 0.29) is 11.4 Å². The normalized spacial score (nSPS) is 12.0. The number of aryl methyl sites for hydroxylation is 1. The number of hydrogen-bond donors (Lipinski definition) is 2. The fourth-order valence-electron chi connectivity index (χ4n) is 1.82. The highest BCUT2D eigenvalue weighted by Gasteiger charge is 2.14. The van der Waals surface area contributed by atoms with Crippen LogP contribution in [0, 0.1) is 12.8 Å². The molecule has 0 saturated heterocycles. The molecule has 0 aliphatic carbocycles. The quantitative estimate of drug-likeness (QED) is 0.681. The monoisotopic (exact) mass is 314 g/mol. The molecule has 120 valence electrons. The van der Waals surface area contributed by atoms with Crippen LogP contribution >= 0.6 is 0 Å². The maximum Gasteiger partial charge on any atom is 0.240 e. The van der Waals surface area contributed by atoms with Crippen LogP contribution in [0.3, 0.4) is 0 Å². The molecule has 21 heavy (non-hydrogen) atoms. The van der Waals surface area contributed by atoms with Gasteiger partial charge in [0, 0.05) is 19.7 Å². The van der Waals surface area contributed by atoms with Crippen LogP contribution in [0.4, 0.5) is 0 Å². The van der Waals surface area contributed by atoms with Crippen molar-refractivity contribution in [3.63, 3.8) is 0 Å². The average molecular weight is 314 g/mol. The van der Waals surface area contributed by atoms with Gasteiger partial charge in [-0.2, -0.15) is 0 Å². The molecule has 1 rings (SSSR count). The molecule has 0 saturated carbocycles. The van der Waals surface area contributed by atoms with Gasteiger partial charge in [0.1, 0.15) is 0 Å². The minimum absolute atomic E-state index is 0.263. The van der Waals surface area contributed by atoms with E-state index in [1.807, 2.05) is 6.92 Å². The molecule has 0 amide bonds. The van der Waals surface area contributed by atoms with Crippen LogP contribution in [0.1, 0.15) is 31.4 Å². The molecular weight excluding hydrogens is 288 g/mol. The summed E-state index contributed by atoms with van der Waals surface area (Å²) in [5.74, 6) is 0.589. The Morgan fingerprint density at radius 3 is 2.57 bits per heavy atom. The Balaban J connectivity index is 2.48. The topological polar surface area (TPSA) is 81.4 Å². The number of rotatable bonds is 9. The molecule has 0 aliphatic rings. The molecule has 0 aromatic heterocycles. The Morgan fingerprint density at radius 1 is 1.29 bits per heavy atom. The lowest BCUT2D eigenvalue weighted by molar-refractivity contribution is 0.128. The summed E-state index contributed by atoms with van der Waals surface area (Å²) < 4.78 is 32.2. The number of benzene rings is 1. The lowest BCUT2D eigenvalue weighted by Crippen LogP contribution is -2.27. The van der Waals surface area contributed by atoms with Gasteiger partial charge in [-0.1, -0.05) is 19.9 Å². The van der Waals surface area contributed by atoms with Crippen molar-refractivity contribution in [2.24, 2.45) is 11.7 Å². The van der Waals surface area contributed by atoms with Crippen LogP contribution in [0.2, 0.25) is 0 Å². The summed E-state index contributed by atoms with van der Waals surface area (Å²) in [5, 5.41) is 0. The Kier molecular flexibility index (Phi) is 7.31. The summed E-state index contributed by atoms with van der Waals surface area (Å²) in [6.45, 7) is 7.83. The molecule has 0 fully saturated rings. The zero-order valence-electron chi connectivity index (χ0n) is 13.1. The Hall–Kier alpha value is -0.950. The van der Waals surface area contributed by atoms with E-state index in [1.165, 1.54) is 0 Å². The second-order valence-corrected chi connectivity index (χ2v) is 7.25. The smallest absolute Gasteiger partial charge is 0.240 e. The van der Waals surface area contributed by atoms with Gasteiger partial charge in [0.05, 0.1) is 11.5 Å². The van der Waals surface area contributed by atoms with Crippen molar-refractivity contribution >= 4 is 10.0 Å². The van der Waals surface area contributed by atoms with E-state index < -0.39 is 10.0 Å². The second-order valence-electron chi connectivity index (χ2n) is 5.49. The van der Waals surface area contributed by atoms with Crippen LogP contribution in [0.5, 0.6) is 0 Å². The molecule has 0 aliphatic heterocycles. The number of ether oxygens (including phenoxy) is 1. The van der Waals surface area contributed by atoms with E-state index in [1.54, 1.807) is 18.2 Å². The molecule has 0 radical (unpaired) electrons. The standard InChI is InChI=1S/C15H26N2O3S/c1-12(2)6-8-20-9-7-17-21(18,19)15-5-4-14(11-16)13(3)10-15/h4-5,10,12,17H,6-9,11,16H2,1-3H3. The molecule has 0 atom stereocenters. The van der Waals surface area contributed by atoms with Crippen molar-refractivity contribution in [1.29, 1.82) is 0 Å². The molecule has 1 aromatic rings. The average Bonchev–Trinajstić information content (AvgIpc) is 2.42. The van der Waals surface area contributed by atoms with E-state index in [4.69, 9.17) is 10.5 Å². The minimum Gasteiger partial charge on any atom is -0.380 e. The number of sulfonamides is 1. The van der Waals surface area contributed by atoms with Crippen LogP contribution in [-0.2, 0) is 21.3 Å². The molecule has 0 unspecified atom stereocenters. The predicted octanol–water partition coefficient (Wildman–Crippen LogP) is 1.79. The van der Waals surface area contributed by atoms with Crippen molar-refractivity contribution in [2.75, 3.05) is 19.8 Å². The van der Waals surface area contributed by atoms with Gasteiger partial charge in [0.25, 0.3) is 0 Å². The first-order valence-corrected chi connectivity index (χ1v) is 8.72. The van der Waals surface area contributed by atoms with Gasteiger partial charge in [-0.3, -0.25) is 0 Å². The largest absolute Gasteiger partial charge is 0.380 e. The second kappa shape index (κ2) is 8.48. The third-order valence-electron chi connectivity index (χ3n) is 3.22. The summed E-state index contributed by atoms with van der Waals surface area (Å²) in [4.78, 5) is 0.263. The zero-order valence-corrected chi connectivity index (χ0v) is 13.9. The van der Waals surface area contributed by atoms with Crippen LogP contribution in [0.15, 0.2) is 23.1 Å². The van der Waals surface area contributed by atoms with Gasteiger partial charge in [0.15, 0.2) is 0 Å². The van der Waals surface area contributed by atoms with Crippen molar-refractivity contribution in [2.45, 2.75) is 38.6 Å². The molecule has 0 spiro atoms. The summed E-state index contributed by atoms with van der Waals surface area (Å²) in [7, 11) is -3.48. The number of hydrogen-bond acceptors (Lipinski definition) is 4. The highest BCUT2D eigenvalue weighted by Crippen LogP contribution is 2.14. The molecule has 3 N–H and O–H groups in total. The van der Waals surface area contributed by atoms with Gasteiger partial charge < -0.3 is 10.5 Å². The first-order valence-electron chi connectivity index (χ1n) is 7.24. The van der Waals surface area contributed by atoms with Gasteiger partial charge in [-0.05, 0) is 42.5 Å². The van der Waals surface area contributed by atoms with Crippen molar-refractivity contribution < 1.29 is 13.2 Å². The van der Waals surface area contributed by atoms with Crippen LogP contribution in [0.25, 0.3) is 0 Å². The molecular formula is C15H26N2O3S. The Labute approximate surface area is 127 Å².